The lowest BCUT2D eigenvalue weighted by molar-refractivity contribution is -0.136. The Morgan fingerprint density at radius 3 is 2.69 bits per heavy atom. The number of methoxy groups -OCH3 is 1. The number of likely N-dealkylation sites (tertiary alicyclic amines) is 1. The maximum Gasteiger partial charge on any atom is 0.226 e. The predicted molar refractivity (Wildman–Crippen MR) is 128 cm³/mol. The van der Waals surface area contributed by atoms with Gasteiger partial charge in [0.25, 0.3) is 0 Å². The summed E-state index contributed by atoms with van der Waals surface area (Å²) < 4.78 is 7.61. The molecule has 0 radical (unpaired) electrons. The molecule has 4 rings (SSSR count). The normalized spacial score (nSPS) is 16.9. The molecular weight excluding hydrogens is 400 g/mol. The Bertz CT molecular complexity index is 1040. The van der Waals surface area contributed by atoms with Crippen LogP contribution < -0.4 is 4.74 Å². The van der Waals surface area contributed by atoms with Crippen molar-refractivity contribution in [1.82, 2.24) is 19.4 Å². The van der Waals surface area contributed by atoms with Gasteiger partial charge in [0.15, 0.2) is 0 Å². The van der Waals surface area contributed by atoms with Gasteiger partial charge in [0.1, 0.15) is 11.6 Å². The lowest BCUT2D eigenvalue weighted by atomic mass is 9.96. The van der Waals surface area contributed by atoms with Gasteiger partial charge >= 0.3 is 0 Å². The number of hydrogen-bond acceptors (Lipinski definition) is 4. The molecule has 1 aliphatic rings. The number of carbonyl (C=O) groups is 1. The second kappa shape index (κ2) is 10.2. The number of ether oxygens (including phenoxy) is 1. The molecule has 2 aromatic carbocycles. The quantitative estimate of drug-likeness (QED) is 0.534. The van der Waals surface area contributed by atoms with Crippen LogP contribution in [0.5, 0.6) is 5.75 Å². The third-order valence-corrected chi connectivity index (χ3v) is 6.39. The summed E-state index contributed by atoms with van der Waals surface area (Å²) in [6, 6.07) is 16.5. The molecule has 1 saturated heterocycles. The van der Waals surface area contributed by atoms with E-state index in [1.165, 1.54) is 5.56 Å². The van der Waals surface area contributed by atoms with Crippen LogP contribution in [0.2, 0.25) is 0 Å². The van der Waals surface area contributed by atoms with Crippen molar-refractivity contribution in [3.8, 4) is 5.75 Å². The Morgan fingerprint density at radius 1 is 1.16 bits per heavy atom. The van der Waals surface area contributed by atoms with Gasteiger partial charge in [-0.25, -0.2) is 4.98 Å². The number of benzene rings is 2. The fourth-order valence-corrected chi connectivity index (χ4v) is 4.69. The van der Waals surface area contributed by atoms with Gasteiger partial charge in [0.05, 0.1) is 30.6 Å². The third kappa shape index (κ3) is 4.96. The summed E-state index contributed by atoms with van der Waals surface area (Å²) in [7, 11) is 3.62. The van der Waals surface area contributed by atoms with E-state index in [1.807, 2.05) is 30.1 Å². The van der Waals surface area contributed by atoms with Crippen LogP contribution in [0.3, 0.4) is 0 Å². The van der Waals surface area contributed by atoms with Gasteiger partial charge in [0, 0.05) is 26.7 Å². The van der Waals surface area contributed by atoms with Crippen molar-refractivity contribution < 1.29 is 9.53 Å². The van der Waals surface area contributed by atoms with Gasteiger partial charge in [-0.3, -0.25) is 9.69 Å². The van der Waals surface area contributed by atoms with E-state index in [4.69, 9.17) is 9.72 Å². The summed E-state index contributed by atoms with van der Waals surface area (Å²) in [5, 5.41) is 0. The molecule has 1 aliphatic heterocycles. The van der Waals surface area contributed by atoms with Crippen LogP contribution in [0.4, 0.5) is 0 Å². The van der Waals surface area contributed by atoms with Crippen LogP contribution in [-0.2, 0) is 17.9 Å². The maximum absolute atomic E-state index is 12.9. The summed E-state index contributed by atoms with van der Waals surface area (Å²) >= 11 is 0. The van der Waals surface area contributed by atoms with Crippen LogP contribution in [0, 0.1) is 5.92 Å². The van der Waals surface area contributed by atoms with Gasteiger partial charge in [-0.1, -0.05) is 31.2 Å². The number of imidazole rings is 1. The highest BCUT2D eigenvalue weighted by molar-refractivity contribution is 5.79. The van der Waals surface area contributed by atoms with Crippen molar-refractivity contribution in [2.45, 2.75) is 39.3 Å². The molecule has 0 N–H and O–H groups in total. The van der Waals surface area contributed by atoms with E-state index in [1.54, 1.807) is 7.11 Å². The Kier molecular flexibility index (Phi) is 7.10. The molecule has 0 saturated carbocycles. The van der Waals surface area contributed by atoms with Crippen molar-refractivity contribution in [1.29, 1.82) is 0 Å². The molecule has 1 fully saturated rings. The van der Waals surface area contributed by atoms with Crippen LogP contribution in [0.25, 0.3) is 11.0 Å². The highest BCUT2D eigenvalue weighted by atomic mass is 16.5. The van der Waals surface area contributed by atoms with E-state index in [-0.39, 0.29) is 11.8 Å². The summed E-state index contributed by atoms with van der Waals surface area (Å²) in [6.45, 7) is 6.27. The summed E-state index contributed by atoms with van der Waals surface area (Å²) in [6.07, 6.45) is 3.02. The first-order valence-electron chi connectivity index (χ1n) is 11.6. The summed E-state index contributed by atoms with van der Waals surface area (Å²) in [4.78, 5) is 22.1. The Morgan fingerprint density at radius 2 is 1.94 bits per heavy atom. The Hall–Kier alpha value is -2.86. The summed E-state index contributed by atoms with van der Waals surface area (Å²) in [5.41, 5.74) is 3.37. The van der Waals surface area contributed by atoms with Crippen LogP contribution >= 0.6 is 0 Å². The predicted octanol–water partition coefficient (Wildman–Crippen LogP) is 4.17. The fourth-order valence-electron chi connectivity index (χ4n) is 4.69. The monoisotopic (exact) mass is 434 g/mol. The first-order valence-corrected chi connectivity index (χ1v) is 11.6. The van der Waals surface area contributed by atoms with Gasteiger partial charge < -0.3 is 14.2 Å². The number of nitrogens with zero attached hydrogens (tertiary/aromatic N) is 4. The lowest BCUT2D eigenvalue weighted by Crippen LogP contribution is -2.43. The van der Waals surface area contributed by atoms with E-state index in [9.17, 15) is 4.79 Å². The van der Waals surface area contributed by atoms with E-state index in [2.05, 4.69) is 46.7 Å². The van der Waals surface area contributed by atoms with Gasteiger partial charge in [-0.15, -0.1) is 0 Å². The average Bonchev–Trinajstić information content (AvgIpc) is 3.16. The van der Waals surface area contributed by atoms with Gasteiger partial charge in [-0.2, -0.15) is 0 Å². The number of rotatable bonds is 8. The zero-order chi connectivity index (χ0) is 22.5. The number of amides is 1. The van der Waals surface area contributed by atoms with E-state index >= 15 is 0 Å². The number of para-hydroxylation sites is 2. The Balaban J connectivity index is 1.54. The lowest BCUT2D eigenvalue weighted by Gasteiger charge is -2.33. The molecule has 32 heavy (non-hydrogen) atoms. The molecule has 170 valence electrons. The number of carbonyl (C=O) groups excluding carboxylic acids is 1. The van der Waals surface area contributed by atoms with Crippen molar-refractivity contribution >= 4 is 16.9 Å². The standard InChI is InChI=1S/C26H34N4O2/c1-4-15-28(2)26(31)21-8-7-16-29(18-21)19-25-27-23-9-5-6-10-24(23)30(25)17-20-11-13-22(32-3)14-12-20/h5-6,9-14,21H,4,7-8,15-19H2,1-3H3/t21-/m0/s1. The number of hydrogen-bond donors (Lipinski definition) is 0. The van der Waals surface area contributed by atoms with Crippen molar-refractivity contribution in [3.63, 3.8) is 0 Å². The third-order valence-electron chi connectivity index (χ3n) is 6.39. The highest BCUT2D eigenvalue weighted by Crippen LogP contribution is 2.24. The first kappa shape index (κ1) is 22.3. The molecule has 1 aromatic heterocycles. The number of fused-ring (bicyclic) bond motifs is 1. The minimum Gasteiger partial charge on any atom is -0.497 e. The van der Waals surface area contributed by atoms with Crippen LogP contribution in [0.1, 0.15) is 37.6 Å². The second-order valence-corrected chi connectivity index (χ2v) is 8.79. The topological polar surface area (TPSA) is 50.6 Å². The molecule has 6 heteroatoms. The second-order valence-electron chi connectivity index (χ2n) is 8.79. The fraction of sp³-hybridized carbons (Fsp3) is 0.462. The molecule has 3 aromatic rings. The average molecular weight is 435 g/mol. The first-order chi connectivity index (χ1) is 15.6. The van der Waals surface area contributed by atoms with Crippen molar-refractivity contribution in [2.24, 2.45) is 5.92 Å². The SMILES string of the molecule is CCCN(C)C(=O)[C@H]1CCCN(Cc2nc3ccccc3n2Cc2ccc(OC)cc2)C1. The van der Waals surface area contributed by atoms with E-state index < -0.39 is 0 Å². The minimum atomic E-state index is 0.0831. The molecular formula is C26H34N4O2. The number of piperidine rings is 1. The van der Waals surface area contributed by atoms with Crippen LogP contribution in [0.15, 0.2) is 48.5 Å². The maximum atomic E-state index is 12.9. The molecule has 1 atom stereocenters. The molecule has 0 aliphatic carbocycles. The van der Waals surface area contributed by atoms with Gasteiger partial charge in [0.2, 0.25) is 5.91 Å². The van der Waals surface area contributed by atoms with Gasteiger partial charge in [-0.05, 0) is 55.6 Å². The molecule has 6 nitrogen and oxygen atoms in total. The van der Waals surface area contributed by atoms with E-state index in [0.717, 1.165) is 74.6 Å². The highest BCUT2D eigenvalue weighted by Gasteiger charge is 2.28. The smallest absolute Gasteiger partial charge is 0.226 e. The molecule has 1 amide bonds. The molecule has 2 heterocycles. The molecule has 0 bridgehead atoms. The van der Waals surface area contributed by atoms with Crippen molar-refractivity contribution in [2.75, 3.05) is 33.8 Å². The number of aromatic nitrogens is 2. The Labute approximate surface area is 190 Å². The van der Waals surface area contributed by atoms with Crippen molar-refractivity contribution in [3.05, 3.63) is 59.9 Å². The summed E-state index contributed by atoms with van der Waals surface area (Å²) in [5.74, 6) is 2.28. The zero-order valence-electron chi connectivity index (χ0n) is 19.5. The molecule has 0 unspecified atom stereocenters. The molecule has 0 spiro atoms. The van der Waals surface area contributed by atoms with E-state index in [0.29, 0.717) is 0 Å². The largest absolute Gasteiger partial charge is 0.497 e. The zero-order valence-corrected chi connectivity index (χ0v) is 19.5. The minimum absolute atomic E-state index is 0.0831. The van der Waals surface area contributed by atoms with Crippen LogP contribution in [-0.4, -0.2) is 59.0 Å².